The molecule has 33 heavy (non-hydrogen) atoms. The first-order valence-corrected chi connectivity index (χ1v) is 10.2. The van der Waals surface area contributed by atoms with Gasteiger partial charge in [-0.15, -0.1) is 11.8 Å². The second-order valence-corrected chi connectivity index (χ2v) is 7.23. The Morgan fingerprint density at radius 3 is 2.33 bits per heavy atom. The van der Waals surface area contributed by atoms with Crippen molar-refractivity contribution in [2.24, 2.45) is 0 Å². The second kappa shape index (κ2) is 8.97. The normalized spacial score (nSPS) is 10.8. The molecule has 0 aliphatic carbocycles. The summed E-state index contributed by atoms with van der Waals surface area (Å²) in [4.78, 5) is 13.5. The van der Waals surface area contributed by atoms with Crippen molar-refractivity contribution >= 4 is 21.8 Å². The minimum atomic E-state index is 0. The molecule has 0 radical (unpaired) electrons. The summed E-state index contributed by atoms with van der Waals surface area (Å²) in [6, 6.07) is 32.2. The first kappa shape index (κ1) is 21.0. The zero-order chi connectivity index (χ0) is 21.3. The van der Waals surface area contributed by atoms with E-state index in [0.29, 0.717) is 17.3 Å². The summed E-state index contributed by atoms with van der Waals surface area (Å²) >= 11 is 0. The number of hydrogen-bond donors (Lipinski definition) is 0. The molecule has 0 spiro atoms. The molecule has 5 nitrogen and oxygen atoms in total. The van der Waals surface area contributed by atoms with E-state index in [-0.39, 0.29) is 21.1 Å². The monoisotopic (exact) mass is 607 g/mol. The zero-order valence-corrected chi connectivity index (χ0v) is 19.5. The molecule has 0 N–H and O–H groups in total. The Balaban J connectivity index is 0.00000228. The van der Waals surface area contributed by atoms with Crippen LogP contribution in [0.15, 0.2) is 97.5 Å². The molecular weight excluding hydrogens is 591 g/mol. The Bertz CT molecular complexity index is 1550. The maximum absolute atomic E-state index is 5.85. The number of benzene rings is 2. The third kappa shape index (κ3) is 3.92. The van der Waals surface area contributed by atoms with Gasteiger partial charge in [0.25, 0.3) is 0 Å². The van der Waals surface area contributed by atoms with Crippen LogP contribution in [0, 0.1) is 12.1 Å². The van der Waals surface area contributed by atoms with Gasteiger partial charge in [0.05, 0.1) is 0 Å². The van der Waals surface area contributed by atoms with Crippen molar-refractivity contribution in [3.05, 3.63) is 110 Å². The molecule has 0 aliphatic rings. The van der Waals surface area contributed by atoms with Gasteiger partial charge in [-0.05, 0) is 35.8 Å². The number of fused-ring (bicyclic) bond motifs is 3. The van der Waals surface area contributed by atoms with Crippen molar-refractivity contribution in [1.29, 1.82) is 0 Å². The number of hydrogen-bond acceptors (Lipinski definition) is 4. The quantitative estimate of drug-likeness (QED) is 0.230. The smallest absolute Gasteiger partial charge is 0.460 e. The van der Waals surface area contributed by atoms with Crippen LogP contribution in [0.25, 0.3) is 38.9 Å². The van der Waals surface area contributed by atoms with E-state index in [1.165, 1.54) is 0 Å². The van der Waals surface area contributed by atoms with Gasteiger partial charge < -0.3 is 14.3 Å². The fraction of sp³-hybridized carbons (Fsp3) is 0. The maximum Gasteiger partial charge on any atom is 2.00 e. The molecule has 4 aromatic heterocycles. The van der Waals surface area contributed by atoms with E-state index in [9.17, 15) is 0 Å². The summed E-state index contributed by atoms with van der Waals surface area (Å²) < 4.78 is 7.96. The summed E-state index contributed by atoms with van der Waals surface area (Å²) in [5.74, 6) is 1.92. The van der Waals surface area contributed by atoms with Gasteiger partial charge in [-0.2, -0.15) is 24.3 Å². The minimum absolute atomic E-state index is 0. The number of para-hydroxylation sites is 1. The summed E-state index contributed by atoms with van der Waals surface area (Å²) in [5.41, 5.74) is 3.45. The Kier molecular flexibility index (Phi) is 5.72. The minimum Gasteiger partial charge on any atom is -0.460 e. The van der Waals surface area contributed by atoms with E-state index in [0.717, 1.165) is 33.2 Å². The molecule has 4 heterocycles. The van der Waals surface area contributed by atoms with E-state index in [4.69, 9.17) is 9.72 Å². The van der Waals surface area contributed by atoms with Crippen molar-refractivity contribution in [2.45, 2.75) is 0 Å². The molecule has 0 saturated heterocycles. The average Bonchev–Trinajstić information content (AvgIpc) is 3.19. The molecule has 0 amide bonds. The fourth-order valence-electron chi connectivity index (χ4n) is 3.82. The van der Waals surface area contributed by atoms with Crippen LogP contribution in [0.2, 0.25) is 0 Å². The third-order valence-corrected chi connectivity index (χ3v) is 5.23. The Morgan fingerprint density at radius 2 is 1.52 bits per heavy atom. The van der Waals surface area contributed by atoms with Crippen molar-refractivity contribution in [2.75, 3.05) is 0 Å². The van der Waals surface area contributed by atoms with Gasteiger partial charge in [0.2, 0.25) is 5.88 Å². The number of rotatable bonds is 4. The summed E-state index contributed by atoms with van der Waals surface area (Å²) in [7, 11) is 0. The van der Waals surface area contributed by atoms with E-state index < -0.39 is 0 Å². The topological polar surface area (TPSA) is 52.8 Å². The zero-order valence-electron chi connectivity index (χ0n) is 17.3. The fourth-order valence-corrected chi connectivity index (χ4v) is 3.82. The third-order valence-electron chi connectivity index (χ3n) is 5.23. The molecule has 0 saturated carbocycles. The molecule has 0 bridgehead atoms. The number of pyridine rings is 3. The van der Waals surface area contributed by atoms with Gasteiger partial charge in [-0.1, -0.05) is 41.2 Å². The Labute approximate surface area is 205 Å². The molecule has 6 heteroatoms. The SMILES string of the molecule is [Pt+2].[c-]1c(Oc2ccccn2)cccc1-c1[c-]c2c(cn1)c1ccccc1n2-c1ccccn1. The van der Waals surface area contributed by atoms with E-state index in [1.54, 1.807) is 12.4 Å². The maximum atomic E-state index is 5.85. The summed E-state index contributed by atoms with van der Waals surface area (Å²) in [5, 5.41) is 2.13. The Hall–Kier alpha value is -3.82. The molecule has 160 valence electrons. The van der Waals surface area contributed by atoms with Crippen LogP contribution in [0.5, 0.6) is 11.6 Å². The first-order valence-electron chi connectivity index (χ1n) is 10.2. The van der Waals surface area contributed by atoms with E-state index in [1.807, 2.05) is 72.9 Å². The summed E-state index contributed by atoms with van der Waals surface area (Å²) in [6.07, 6.45) is 5.38. The standard InChI is InChI=1S/C27H16N4O.Pt/c1-2-11-24-21(10-1)22-18-30-23(17-25(22)31(24)26-12-3-5-14-28-26)19-8-7-9-20(16-19)32-27-13-4-6-15-29-27;/h1-15,18H;/q-2;+2. The molecule has 0 unspecified atom stereocenters. The number of ether oxygens (including phenoxy) is 1. The van der Waals surface area contributed by atoms with Crippen LogP contribution in [-0.4, -0.2) is 19.5 Å². The van der Waals surface area contributed by atoms with Crippen LogP contribution < -0.4 is 4.74 Å². The predicted molar refractivity (Wildman–Crippen MR) is 124 cm³/mol. The van der Waals surface area contributed by atoms with Crippen molar-refractivity contribution < 1.29 is 25.8 Å². The largest absolute Gasteiger partial charge is 2.00 e. The van der Waals surface area contributed by atoms with Crippen LogP contribution in [0.1, 0.15) is 0 Å². The molecular formula is C27H16N4OPt. The van der Waals surface area contributed by atoms with Gasteiger partial charge >= 0.3 is 21.1 Å². The molecule has 0 fully saturated rings. The first-order chi connectivity index (χ1) is 15.9. The van der Waals surface area contributed by atoms with Crippen LogP contribution in [0.4, 0.5) is 0 Å². The molecule has 0 atom stereocenters. The molecule has 6 aromatic rings. The Morgan fingerprint density at radius 1 is 0.697 bits per heavy atom. The van der Waals surface area contributed by atoms with Gasteiger partial charge in [0, 0.05) is 29.7 Å². The van der Waals surface area contributed by atoms with Crippen LogP contribution >= 0.6 is 0 Å². The van der Waals surface area contributed by atoms with Gasteiger partial charge in [0.1, 0.15) is 5.82 Å². The van der Waals surface area contributed by atoms with E-state index in [2.05, 4.69) is 38.8 Å². The second-order valence-electron chi connectivity index (χ2n) is 7.23. The van der Waals surface area contributed by atoms with Crippen molar-refractivity contribution in [3.8, 4) is 28.7 Å². The van der Waals surface area contributed by atoms with Crippen LogP contribution in [-0.2, 0) is 21.1 Å². The molecule has 0 aliphatic heterocycles. The van der Waals surface area contributed by atoms with Gasteiger partial charge in [-0.25, -0.2) is 15.5 Å². The van der Waals surface area contributed by atoms with Gasteiger partial charge in [-0.3, -0.25) is 0 Å². The summed E-state index contributed by atoms with van der Waals surface area (Å²) in [6.45, 7) is 0. The van der Waals surface area contributed by atoms with Crippen LogP contribution in [0.3, 0.4) is 0 Å². The molecule has 6 rings (SSSR count). The van der Waals surface area contributed by atoms with Crippen molar-refractivity contribution in [1.82, 2.24) is 19.5 Å². The molecule has 2 aromatic carbocycles. The predicted octanol–water partition coefficient (Wildman–Crippen LogP) is 6.03. The number of aromatic nitrogens is 4. The van der Waals surface area contributed by atoms with E-state index >= 15 is 0 Å². The van der Waals surface area contributed by atoms with Gasteiger partial charge in [0.15, 0.2) is 0 Å². The average molecular weight is 608 g/mol. The van der Waals surface area contributed by atoms with Crippen molar-refractivity contribution in [3.63, 3.8) is 0 Å². The number of nitrogens with zero attached hydrogens (tertiary/aromatic N) is 4.